The molecule has 0 spiro atoms. The van der Waals surface area contributed by atoms with Crippen LogP contribution in [0.3, 0.4) is 0 Å². The van der Waals surface area contributed by atoms with Crippen molar-refractivity contribution in [3.8, 4) is 6.07 Å². The lowest BCUT2D eigenvalue weighted by molar-refractivity contribution is -0.920. The van der Waals surface area contributed by atoms with Gasteiger partial charge in [-0.05, 0) is 57.4 Å². The number of carbonyl (C=O) groups is 1. The minimum atomic E-state index is 0.0571. The Morgan fingerprint density at radius 1 is 1.30 bits per heavy atom. The van der Waals surface area contributed by atoms with Crippen molar-refractivity contribution < 1.29 is 9.69 Å². The molecule has 5 heteroatoms. The van der Waals surface area contributed by atoms with E-state index in [2.05, 4.69) is 18.3 Å². The van der Waals surface area contributed by atoms with E-state index in [1.54, 1.807) is 11.3 Å². The molecule has 23 heavy (non-hydrogen) atoms. The van der Waals surface area contributed by atoms with Crippen LogP contribution in [-0.4, -0.2) is 25.0 Å². The zero-order chi connectivity index (χ0) is 16.2. The molecule has 1 amide bonds. The summed E-state index contributed by atoms with van der Waals surface area (Å²) in [5, 5.41) is 13.4. The Hall–Kier alpha value is -1.38. The third-order valence-electron chi connectivity index (χ3n) is 5.26. The van der Waals surface area contributed by atoms with Crippen LogP contribution in [-0.2, 0) is 17.6 Å². The van der Waals surface area contributed by atoms with Gasteiger partial charge in [-0.1, -0.05) is 6.42 Å². The SMILES string of the molecule is C[C@@H]1CCCC[NH+]1CC(=O)Nc1sc2c(c1C#N)CCCCC2. The largest absolute Gasteiger partial charge is 0.325 e. The number of nitrogens with one attached hydrogen (secondary N) is 2. The fraction of sp³-hybridized carbons (Fsp3) is 0.667. The van der Waals surface area contributed by atoms with Crippen LogP contribution in [0, 0.1) is 11.3 Å². The molecule has 0 bridgehead atoms. The Labute approximate surface area is 142 Å². The number of fused-ring (bicyclic) bond motifs is 1. The quantitative estimate of drug-likeness (QED) is 0.835. The molecule has 2 aliphatic rings. The molecule has 1 aliphatic heterocycles. The third-order valence-corrected chi connectivity index (χ3v) is 6.46. The third kappa shape index (κ3) is 3.76. The lowest BCUT2D eigenvalue weighted by Gasteiger charge is -2.29. The standard InChI is InChI=1S/C18H25N3OS/c1-13-7-5-6-10-21(13)12-17(22)20-18-15(11-19)14-8-3-2-4-9-16(14)23-18/h13H,2-10,12H2,1H3,(H,20,22)/p+1/t13-/m1/s1. The Morgan fingerprint density at radius 3 is 2.91 bits per heavy atom. The lowest BCUT2D eigenvalue weighted by atomic mass is 10.0. The first-order valence-corrected chi connectivity index (χ1v) is 9.69. The second-order valence-electron chi connectivity index (χ2n) is 6.91. The summed E-state index contributed by atoms with van der Waals surface area (Å²) in [7, 11) is 0. The van der Waals surface area contributed by atoms with Crippen molar-refractivity contribution in [3.05, 3.63) is 16.0 Å². The molecule has 1 aromatic heterocycles. The van der Waals surface area contributed by atoms with Gasteiger partial charge < -0.3 is 10.2 Å². The Kier molecular flexibility index (Phi) is 5.34. The van der Waals surface area contributed by atoms with Crippen molar-refractivity contribution in [2.75, 3.05) is 18.4 Å². The molecular weight excluding hydrogens is 306 g/mol. The number of quaternary nitrogens is 1. The van der Waals surface area contributed by atoms with Gasteiger partial charge in [-0.3, -0.25) is 4.79 Å². The lowest BCUT2D eigenvalue weighted by Crippen LogP contribution is -3.17. The van der Waals surface area contributed by atoms with Gasteiger partial charge in [0.1, 0.15) is 11.1 Å². The van der Waals surface area contributed by atoms with Crippen molar-refractivity contribution in [1.82, 2.24) is 0 Å². The summed E-state index contributed by atoms with van der Waals surface area (Å²) in [4.78, 5) is 15.1. The summed E-state index contributed by atoms with van der Waals surface area (Å²) in [5.74, 6) is 0.0571. The Morgan fingerprint density at radius 2 is 2.13 bits per heavy atom. The average Bonchev–Trinajstić information content (AvgIpc) is 2.69. The van der Waals surface area contributed by atoms with Gasteiger partial charge in [0.05, 0.1) is 18.2 Å². The number of hydrogen-bond donors (Lipinski definition) is 2. The Bertz CT molecular complexity index is 617. The van der Waals surface area contributed by atoms with E-state index in [9.17, 15) is 10.1 Å². The number of anilines is 1. The summed E-state index contributed by atoms with van der Waals surface area (Å²) in [6.45, 7) is 3.84. The molecule has 4 nitrogen and oxygen atoms in total. The molecule has 1 saturated heterocycles. The van der Waals surface area contributed by atoms with Gasteiger partial charge in [0, 0.05) is 4.88 Å². The van der Waals surface area contributed by atoms with E-state index in [0.717, 1.165) is 36.4 Å². The second-order valence-corrected chi connectivity index (χ2v) is 8.02. The maximum atomic E-state index is 12.4. The number of likely N-dealkylation sites (tertiary alicyclic amines) is 1. The summed E-state index contributed by atoms with van der Waals surface area (Å²) in [6, 6.07) is 2.90. The molecule has 2 heterocycles. The molecule has 1 aromatic rings. The zero-order valence-electron chi connectivity index (χ0n) is 13.9. The maximum absolute atomic E-state index is 12.4. The van der Waals surface area contributed by atoms with E-state index in [-0.39, 0.29) is 5.91 Å². The van der Waals surface area contributed by atoms with Crippen LogP contribution >= 0.6 is 11.3 Å². The number of amides is 1. The molecule has 1 fully saturated rings. The molecule has 1 aliphatic carbocycles. The highest BCUT2D eigenvalue weighted by Gasteiger charge is 2.26. The van der Waals surface area contributed by atoms with Gasteiger partial charge in [0.2, 0.25) is 0 Å². The normalized spacial score (nSPS) is 24.3. The van der Waals surface area contributed by atoms with Crippen LogP contribution < -0.4 is 10.2 Å². The molecule has 0 aromatic carbocycles. The number of nitrogens with zero attached hydrogens (tertiary/aromatic N) is 1. The van der Waals surface area contributed by atoms with Gasteiger partial charge in [0.15, 0.2) is 6.54 Å². The number of aryl methyl sites for hydroxylation is 1. The van der Waals surface area contributed by atoms with E-state index in [4.69, 9.17) is 0 Å². The van der Waals surface area contributed by atoms with Crippen LogP contribution in [0.4, 0.5) is 5.00 Å². The number of hydrogen-bond acceptors (Lipinski definition) is 3. The highest BCUT2D eigenvalue weighted by atomic mass is 32.1. The van der Waals surface area contributed by atoms with E-state index >= 15 is 0 Å². The number of piperidine rings is 1. The fourth-order valence-corrected chi connectivity index (χ4v) is 5.10. The van der Waals surface area contributed by atoms with Gasteiger partial charge in [-0.25, -0.2) is 0 Å². The summed E-state index contributed by atoms with van der Waals surface area (Å²) < 4.78 is 0. The van der Waals surface area contributed by atoms with Crippen molar-refractivity contribution in [2.45, 2.75) is 64.3 Å². The molecule has 3 rings (SSSR count). The topological polar surface area (TPSA) is 57.3 Å². The molecule has 1 unspecified atom stereocenters. The minimum Gasteiger partial charge on any atom is -0.325 e. The first kappa shape index (κ1) is 16.5. The smallest absolute Gasteiger partial charge is 0.280 e. The van der Waals surface area contributed by atoms with Crippen LogP contribution in [0.25, 0.3) is 0 Å². The van der Waals surface area contributed by atoms with Crippen LogP contribution in [0.15, 0.2) is 0 Å². The average molecular weight is 332 g/mol. The predicted octanol–water partition coefficient (Wildman–Crippen LogP) is 2.28. The fourth-order valence-electron chi connectivity index (χ4n) is 3.84. The number of carbonyl (C=O) groups excluding carboxylic acids is 1. The molecule has 2 N–H and O–H groups in total. The second kappa shape index (κ2) is 7.46. The van der Waals surface area contributed by atoms with Gasteiger partial charge in [-0.2, -0.15) is 5.26 Å². The zero-order valence-corrected chi connectivity index (χ0v) is 14.7. The van der Waals surface area contributed by atoms with Crippen LogP contribution in [0.5, 0.6) is 0 Å². The van der Waals surface area contributed by atoms with Crippen LogP contribution in [0.2, 0.25) is 0 Å². The van der Waals surface area contributed by atoms with Gasteiger partial charge in [-0.15, -0.1) is 11.3 Å². The van der Waals surface area contributed by atoms with E-state index in [1.165, 1.54) is 47.4 Å². The minimum absolute atomic E-state index is 0.0571. The van der Waals surface area contributed by atoms with Crippen molar-refractivity contribution in [2.24, 2.45) is 0 Å². The van der Waals surface area contributed by atoms with E-state index in [0.29, 0.717) is 12.6 Å². The predicted molar refractivity (Wildman–Crippen MR) is 92.9 cm³/mol. The van der Waals surface area contributed by atoms with E-state index in [1.807, 2.05) is 0 Å². The number of thiophene rings is 1. The molecule has 124 valence electrons. The van der Waals surface area contributed by atoms with Crippen LogP contribution in [0.1, 0.15) is 61.5 Å². The first-order valence-electron chi connectivity index (χ1n) is 8.88. The highest BCUT2D eigenvalue weighted by Crippen LogP contribution is 2.36. The number of nitriles is 1. The summed E-state index contributed by atoms with van der Waals surface area (Å²) in [6.07, 6.45) is 9.33. The monoisotopic (exact) mass is 332 g/mol. The Balaban J connectivity index is 1.70. The maximum Gasteiger partial charge on any atom is 0.280 e. The number of rotatable bonds is 3. The van der Waals surface area contributed by atoms with Crippen molar-refractivity contribution in [1.29, 1.82) is 5.26 Å². The van der Waals surface area contributed by atoms with E-state index < -0.39 is 0 Å². The highest BCUT2D eigenvalue weighted by molar-refractivity contribution is 7.16. The van der Waals surface area contributed by atoms with Gasteiger partial charge >= 0.3 is 0 Å². The summed E-state index contributed by atoms with van der Waals surface area (Å²) >= 11 is 1.63. The molecule has 0 saturated carbocycles. The molecule has 2 atom stereocenters. The van der Waals surface area contributed by atoms with Crippen molar-refractivity contribution >= 4 is 22.2 Å². The summed E-state index contributed by atoms with van der Waals surface area (Å²) in [5.41, 5.74) is 1.92. The van der Waals surface area contributed by atoms with Crippen molar-refractivity contribution in [3.63, 3.8) is 0 Å². The first-order chi connectivity index (χ1) is 11.2. The molecular formula is C18H26N3OS+. The van der Waals surface area contributed by atoms with Gasteiger partial charge in [0.25, 0.3) is 5.91 Å². The molecule has 0 radical (unpaired) electrons.